The Morgan fingerprint density at radius 2 is 1.96 bits per heavy atom. The van der Waals surface area contributed by atoms with Crippen molar-refractivity contribution < 1.29 is 9.53 Å². The van der Waals surface area contributed by atoms with Gasteiger partial charge >= 0.3 is 0 Å². The number of carbonyl (C=O) groups excluding carboxylic acids is 1. The van der Waals surface area contributed by atoms with Crippen LogP contribution in [0.2, 0.25) is 0 Å². The molecule has 2 heterocycles. The van der Waals surface area contributed by atoms with Crippen molar-refractivity contribution in [2.24, 2.45) is 0 Å². The van der Waals surface area contributed by atoms with Gasteiger partial charge in [0.15, 0.2) is 0 Å². The Morgan fingerprint density at radius 1 is 1.12 bits per heavy atom. The lowest BCUT2D eigenvalue weighted by molar-refractivity contribution is 0.0303. The zero-order valence-corrected chi connectivity index (χ0v) is 13.6. The zero-order valence-electron chi connectivity index (χ0n) is 13.6. The largest absolute Gasteiger partial charge is 0.378 e. The summed E-state index contributed by atoms with van der Waals surface area (Å²) in [5, 5.41) is 0. The Balaban J connectivity index is 1.69. The smallest absolute Gasteiger partial charge is 0.254 e. The summed E-state index contributed by atoms with van der Waals surface area (Å²) in [5.41, 5.74) is 4.78. The van der Waals surface area contributed by atoms with Crippen LogP contribution in [0.25, 0.3) is 16.7 Å². The first-order valence-corrected chi connectivity index (χ1v) is 8.13. The molecule has 5 nitrogen and oxygen atoms in total. The molecule has 0 N–H and O–H groups in total. The molecular weight excluding hydrogens is 302 g/mol. The van der Waals surface area contributed by atoms with E-state index in [1.807, 2.05) is 40.1 Å². The summed E-state index contributed by atoms with van der Waals surface area (Å²) in [4.78, 5) is 18.9. The lowest BCUT2D eigenvalue weighted by Crippen LogP contribution is -2.40. The molecule has 1 amide bonds. The topological polar surface area (TPSA) is 47.4 Å². The molecule has 0 radical (unpaired) electrons. The highest BCUT2D eigenvalue weighted by atomic mass is 16.5. The zero-order chi connectivity index (χ0) is 16.5. The number of imidazole rings is 1. The number of hydrogen-bond donors (Lipinski definition) is 0. The van der Waals surface area contributed by atoms with E-state index in [2.05, 4.69) is 30.1 Å². The number of fused-ring (bicyclic) bond motifs is 1. The van der Waals surface area contributed by atoms with Crippen LogP contribution in [0.15, 0.2) is 48.8 Å². The fourth-order valence-electron chi connectivity index (χ4n) is 3.08. The first kappa shape index (κ1) is 14.9. The molecule has 0 aliphatic carbocycles. The average molecular weight is 321 g/mol. The number of ether oxygens (including phenoxy) is 1. The summed E-state index contributed by atoms with van der Waals surface area (Å²) < 4.78 is 7.36. The van der Waals surface area contributed by atoms with Crippen LogP contribution in [-0.4, -0.2) is 46.7 Å². The number of amides is 1. The van der Waals surface area contributed by atoms with E-state index in [0.29, 0.717) is 31.9 Å². The number of benzene rings is 2. The van der Waals surface area contributed by atoms with E-state index in [9.17, 15) is 4.79 Å². The third-order valence-corrected chi connectivity index (χ3v) is 4.37. The van der Waals surface area contributed by atoms with Crippen molar-refractivity contribution in [2.45, 2.75) is 6.92 Å². The molecule has 0 unspecified atom stereocenters. The molecule has 0 bridgehead atoms. The van der Waals surface area contributed by atoms with Crippen LogP contribution < -0.4 is 0 Å². The molecule has 24 heavy (non-hydrogen) atoms. The molecular formula is C19H19N3O2. The molecule has 1 saturated heterocycles. The third kappa shape index (κ3) is 2.67. The van der Waals surface area contributed by atoms with Gasteiger partial charge in [0, 0.05) is 24.3 Å². The van der Waals surface area contributed by atoms with E-state index in [1.54, 1.807) is 0 Å². The quantitative estimate of drug-likeness (QED) is 0.729. The van der Waals surface area contributed by atoms with Gasteiger partial charge in [-0.1, -0.05) is 12.1 Å². The minimum Gasteiger partial charge on any atom is -0.378 e. The van der Waals surface area contributed by atoms with E-state index in [1.165, 1.54) is 5.56 Å². The van der Waals surface area contributed by atoms with Gasteiger partial charge in [0.1, 0.15) is 6.33 Å². The van der Waals surface area contributed by atoms with Crippen LogP contribution in [0.4, 0.5) is 0 Å². The number of nitrogens with zero attached hydrogens (tertiary/aromatic N) is 3. The summed E-state index contributed by atoms with van der Waals surface area (Å²) in [5.74, 6) is 0.0466. The predicted octanol–water partition coefficient (Wildman–Crippen LogP) is 2.81. The molecule has 1 aliphatic rings. The fourth-order valence-corrected chi connectivity index (χ4v) is 3.08. The molecule has 1 aromatic heterocycles. The molecule has 1 aliphatic heterocycles. The van der Waals surface area contributed by atoms with Crippen LogP contribution >= 0.6 is 0 Å². The molecule has 0 saturated carbocycles. The minimum atomic E-state index is 0.0466. The number of hydrogen-bond acceptors (Lipinski definition) is 3. The van der Waals surface area contributed by atoms with Crippen molar-refractivity contribution in [2.75, 3.05) is 26.3 Å². The SMILES string of the molecule is Cc1cccc(-n2cnc3cc(C(=O)N4CCOCC4)ccc32)c1. The highest BCUT2D eigenvalue weighted by molar-refractivity contribution is 5.97. The average Bonchev–Trinajstić information content (AvgIpc) is 3.05. The number of rotatable bonds is 2. The lowest BCUT2D eigenvalue weighted by Gasteiger charge is -2.26. The summed E-state index contributed by atoms with van der Waals surface area (Å²) in [6.45, 7) is 4.58. The standard InChI is InChI=1S/C19H19N3O2/c1-14-3-2-4-16(11-14)22-13-20-17-12-15(5-6-18(17)22)19(23)21-7-9-24-10-8-21/h2-6,11-13H,7-10H2,1H3. The monoisotopic (exact) mass is 321 g/mol. The van der Waals surface area contributed by atoms with Crippen LogP contribution in [0.5, 0.6) is 0 Å². The Hall–Kier alpha value is -2.66. The molecule has 4 rings (SSSR count). The van der Waals surface area contributed by atoms with Gasteiger partial charge < -0.3 is 9.64 Å². The Kier molecular flexibility index (Phi) is 3.78. The van der Waals surface area contributed by atoms with Crippen LogP contribution in [0, 0.1) is 6.92 Å². The third-order valence-electron chi connectivity index (χ3n) is 4.37. The Labute approximate surface area is 140 Å². The lowest BCUT2D eigenvalue weighted by atomic mass is 10.1. The van der Waals surface area contributed by atoms with Crippen molar-refractivity contribution in [3.05, 3.63) is 59.9 Å². The van der Waals surface area contributed by atoms with Crippen molar-refractivity contribution in [3.8, 4) is 5.69 Å². The van der Waals surface area contributed by atoms with E-state index >= 15 is 0 Å². The second-order valence-electron chi connectivity index (χ2n) is 6.06. The molecule has 3 aromatic rings. The number of morpholine rings is 1. The molecule has 0 atom stereocenters. The molecule has 5 heteroatoms. The van der Waals surface area contributed by atoms with Crippen molar-refractivity contribution in [1.82, 2.24) is 14.5 Å². The second kappa shape index (κ2) is 6.09. The molecule has 2 aromatic carbocycles. The van der Waals surface area contributed by atoms with Gasteiger partial charge in [-0.3, -0.25) is 9.36 Å². The van der Waals surface area contributed by atoms with E-state index in [4.69, 9.17) is 4.74 Å². The summed E-state index contributed by atoms with van der Waals surface area (Å²) in [6, 6.07) is 14.0. The van der Waals surface area contributed by atoms with E-state index in [-0.39, 0.29) is 5.91 Å². The maximum atomic E-state index is 12.6. The summed E-state index contributed by atoms with van der Waals surface area (Å²) in [7, 11) is 0. The minimum absolute atomic E-state index is 0.0466. The highest BCUT2D eigenvalue weighted by Crippen LogP contribution is 2.21. The summed E-state index contributed by atoms with van der Waals surface area (Å²) in [6.07, 6.45) is 1.81. The normalized spacial score (nSPS) is 15.0. The predicted molar refractivity (Wildman–Crippen MR) is 92.5 cm³/mol. The number of aromatic nitrogens is 2. The van der Waals surface area contributed by atoms with Crippen LogP contribution in [0.1, 0.15) is 15.9 Å². The van der Waals surface area contributed by atoms with Gasteiger partial charge in [0.05, 0.1) is 24.2 Å². The van der Waals surface area contributed by atoms with Crippen LogP contribution in [-0.2, 0) is 4.74 Å². The maximum absolute atomic E-state index is 12.6. The van der Waals surface area contributed by atoms with Gasteiger partial charge in [0.25, 0.3) is 5.91 Å². The molecule has 1 fully saturated rings. The number of carbonyl (C=O) groups is 1. The Morgan fingerprint density at radius 3 is 2.75 bits per heavy atom. The van der Waals surface area contributed by atoms with Gasteiger partial charge in [-0.15, -0.1) is 0 Å². The second-order valence-corrected chi connectivity index (χ2v) is 6.06. The van der Waals surface area contributed by atoms with Gasteiger partial charge in [-0.05, 0) is 42.8 Å². The maximum Gasteiger partial charge on any atom is 0.254 e. The summed E-state index contributed by atoms with van der Waals surface area (Å²) >= 11 is 0. The molecule has 122 valence electrons. The molecule has 0 spiro atoms. The first-order chi connectivity index (χ1) is 11.7. The van der Waals surface area contributed by atoms with E-state index in [0.717, 1.165) is 16.7 Å². The van der Waals surface area contributed by atoms with Gasteiger partial charge in [-0.25, -0.2) is 4.98 Å². The Bertz CT molecular complexity index is 895. The first-order valence-electron chi connectivity index (χ1n) is 8.13. The highest BCUT2D eigenvalue weighted by Gasteiger charge is 2.19. The van der Waals surface area contributed by atoms with Crippen molar-refractivity contribution in [3.63, 3.8) is 0 Å². The van der Waals surface area contributed by atoms with Gasteiger partial charge in [0.2, 0.25) is 0 Å². The number of aryl methyl sites for hydroxylation is 1. The van der Waals surface area contributed by atoms with Crippen molar-refractivity contribution >= 4 is 16.9 Å². The van der Waals surface area contributed by atoms with Gasteiger partial charge in [-0.2, -0.15) is 0 Å². The van der Waals surface area contributed by atoms with Crippen LogP contribution in [0.3, 0.4) is 0 Å². The van der Waals surface area contributed by atoms with Crippen molar-refractivity contribution in [1.29, 1.82) is 0 Å². The van der Waals surface area contributed by atoms with E-state index < -0.39 is 0 Å². The fraction of sp³-hybridized carbons (Fsp3) is 0.263.